The lowest BCUT2D eigenvalue weighted by molar-refractivity contribution is 0.527. The Morgan fingerprint density at radius 1 is 1.64 bits per heavy atom. The maximum Gasteiger partial charge on any atom is 0.100 e. The lowest BCUT2D eigenvalue weighted by Gasteiger charge is -2.07. The van der Waals surface area contributed by atoms with Gasteiger partial charge in [-0.1, -0.05) is 0 Å². The zero-order chi connectivity index (χ0) is 7.90. The van der Waals surface area contributed by atoms with E-state index in [1.165, 1.54) is 18.4 Å². The Kier molecular flexibility index (Phi) is 1.33. The van der Waals surface area contributed by atoms with Crippen molar-refractivity contribution in [3.8, 4) is 0 Å². The lowest BCUT2D eigenvalue weighted by atomic mass is 9.99. The molecule has 0 unspecified atom stereocenters. The van der Waals surface area contributed by atoms with Crippen LogP contribution >= 0.6 is 0 Å². The molecule has 1 aliphatic rings. The summed E-state index contributed by atoms with van der Waals surface area (Å²) >= 11 is 0. The zero-order valence-corrected chi connectivity index (χ0v) is 6.76. The molecule has 0 radical (unpaired) electrons. The largest absolute Gasteiger partial charge is 0.469 e. The molecule has 0 aromatic carbocycles. The first-order chi connectivity index (χ1) is 5.27. The van der Waals surface area contributed by atoms with E-state index in [1.807, 2.05) is 13.2 Å². The first-order valence-electron chi connectivity index (χ1n) is 4.02. The molecular formula is C9H13NO. The van der Waals surface area contributed by atoms with Crippen molar-refractivity contribution in [3.63, 3.8) is 0 Å². The molecule has 0 bridgehead atoms. The van der Waals surface area contributed by atoms with Gasteiger partial charge in [-0.15, -0.1) is 0 Å². The van der Waals surface area contributed by atoms with E-state index >= 15 is 0 Å². The molecular weight excluding hydrogens is 138 g/mol. The molecule has 1 saturated carbocycles. The second-order valence-electron chi connectivity index (χ2n) is 3.43. The highest BCUT2D eigenvalue weighted by atomic mass is 16.3. The van der Waals surface area contributed by atoms with E-state index in [1.54, 1.807) is 0 Å². The van der Waals surface area contributed by atoms with Crippen molar-refractivity contribution in [2.45, 2.75) is 25.2 Å². The van der Waals surface area contributed by atoms with Gasteiger partial charge in [0.05, 0.1) is 6.26 Å². The van der Waals surface area contributed by atoms with Crippen LogP contribution in [0.1, 0.15) is 24.2 Å². The van der Waals surface area contributed by atoms with Crippen LogP contribution in [0.2, 0.25) is 0 Å². The van der Waals surface area contributed by atoms with Crippen LogP contribution in [0.15, 0.2) is 16.7 Å². The summed E-state index contributed by atoms with van der Waals surface area (Å²) in [6.07, 6.45) is 4.29. The topological polar surface area (TPSA) is 39.2 Å². The fourth-order valence-electron chi connectivity index (χ4n) is 1.48. The van der Waals surface area contributed by atoms with Crippen LogP contribution in [0.5, 0.6) is 0 Å². The van der Waals surface area contributed by atoms with Crippen LogP contribution < -0.4 is 5.73 Å². The van der Waals surface area contributed by atoms with Crippen molar-refractivity contribution in [3.05, 3.63) is 23.7 Å². The Morgan fingerprint density at radius 3 is 2.73 bits per heavy atom. The van der Waals surface area contributed by atoms with Crippen molar-refractivity contribution >= 4 is 0 Å². The quantitative estimate of drug-likeness (QED) is 0.697. The van der Waals surface area contributed by atoms with E-state index in [4.69, 9.17) is 10.2 Å². The summed E-state index contributed by atoms with van der Waals surface area (Å²) in [6, 6.07) is 2.10. The molecule has 0 atom stereocenters. The molecule has 1 aromatic rings. The first kappa shape index (κ1) is 6.92. The van der Waals surface area contributed by atoms with Gasteiger partial charge in [-0.05, 0) is 31.4 Å². The molecule has 1 fully saturated rings. The minimum Gasteiger partial charge on any atom is -0.469 e. The third kappa shape index (κ3) is 0.979. The van der Waals surface area contributed by atoms with E-state index in [9.17, 15) is 0 Å². The second-order valence-corrected chi connectivity index (χ2v) is 3.43. The monoisotopic (exact) mass is 151 g/mol. The average Bonchev–Trinajstić information content (AvgIpc) is 2.70. The molecule has 0 aliphatic heterocycles. The van der Waals surface area contributed by atoms with Gasteiger partial charge < -0.3 is 10.2 Å². The van der Waals surface area contributed by atoms with Gasteiger partial charge in [-0.3, -0.25) is 0 Å². The predicted octanol–water partition coefficient (Wildman–Crippen LogP) is 1.58. The highest BCUT2D eigenvalue weighted by Crippen LogP contribution is 2.47. The minimum absolute atomic E-state index is 0.289. The third-order valence-electron chi connectivity index (χ3n) is 2.59. The molecule has 1 heterocycles. The fraction of sp³-hybridized carbons (Fsp3) is 0.556. The predicted molar refractivity (Wildman–Crippen MR) is 43.4 cm³/mol. The highest BCUT2D eigenvalue weighted by molar-refractivity contribution is 5.30. The van der Waals surface area contributed by atoms with E-state index in [-0.39, 0.29) is 5.41 Å². The molecule has 2 nitrogen and oxygen atoms in total. The van der Waals surface area contributed by atoms with E-state index in [0.717, 1.165) is 12.3 Å². The molecule has 0 saturated heterocycles. The third-order valence-corrected chi connectivity index (χ3v) is 2.59. The number of rotatable bonds is 2. The summed E-state index contributed by atoms with van der Waals surface area (Å²) in [5.74, 6) is 0.986. The number of hydrogen-bond donors (Lipinski definition) is 1. The summed E-state index contributed by atoms with van der Waals surface area (Å²) in [5.41, 5.74) is 7.25. The van der Waals surface area contributed by atoms with Crippen molar-refractivity contribution in [1.82, 2.24) is 0 Å². The van der Waals surface area contributed by atoms with Crippen LogP contribution in [-0.2, 0) is 5.41 Å². The van der Waals surface area contributed by atoms with Gasteiger partial charge in [0.25, 0.3) is 0 Å². The SMILES string of the molecule is Cc1cc(C2(CN)CC2)co1. The molecule has 1 aromatic heterocycles. The van der Waals surface area contributed by atoms with Gasteiger partial charge >= 0.3 is 0 Å². The minimum atomic E-state index is 0.289. The smallest absolute Gasteiger partial charge is 0.100 e. The normalized spacial score (nSPS) is 20.2. The van der Waals surface area contributed by atoms with Gasteiger partial charge in [0.15, 0.2) is 0 Å². The summed E-state index contributed by atoms with van der Waals surface area (Å²) in [4.78, 5) is 0. The van der Waals surface area contributed by atoms with Gasteiger partial charge in [0, 0.05) is 12.0 Å². The highest BCUT2D eigenvalue weighted by Gasteiger charge is 2.43. The Labute approximate surface area is 66.4 Å². The van der Waals surface area contributed by atoms with Crippen LogP contribution in [0.3, 0.4) is 0 Å². The molecule has 11 heavy (non-hydrogen) atoms. The Balaban J connectivity index is 2.29. The number of aryl methyl sites for hydroxylation is 1. The molecule has 0 amide bonds. The molecule has 0 spiro atoms. The van der Waals surface area contributed by atoms with Crippen LogP contribution in [0, 0.1) is 6.92 Å². The molecule has 60 valence electrons. The van der Waals surface area contributed by atoms with Gasteiger partial charge in [-0.2, -0.15) is 0 Å². The van der Waals surface area contributed by atoms with Crippen LogP contribution in [0.4, 0.5) is 0 Å². The van der Waals surface area contributed by atoms with Gasteiger partial charge in [-0.25, -0.2) is 0 Å². The van der Waals surface area contributed by atoms with Crippen molar-refractivity contribution in [1.29, 1.82) is 0 Å². The van der Waals surface area contributed by atoms with E-state index < -0.39 is 0 Å². The van der Waals surface area contributed by atoms with E-state index in [2.05, 4.69) is 6.07 Å². The van der Waals surface area contributed by atoms with Crippen LogP contribution in [0.25, 0.3) is 0 Å². The number of furan rings is 1. The average molecular weight is 151 g/mol. The maximum atomic E-state index is 5.67. The summed E-state index contributed by atoms with van der Waals surface area (Å²) in [5, 5.41) is 0. The fourth-order valence-corrected chi connectivity index (χ4v) is 1.48. The van der Waals surface area contributed by atoms with Crippen molar-refractivity contribution in [2.75, 3.05) is 6.54 Å². The number of hydrogen-bond acceptors (Lipinski definition) is 2. The Hall–Kier alpha value is -0.760. The summed E-state index contributed by atoms with van der Waals surface area (Å²) < 4.78 is 5.24. The Morgan fingerprint density at radius 2 is 2.36 bits per heavy atom. The Bertz CT molecular complexity index is 260. The van der Waals surface area contributed by atoms with Crippen molar-refractivity contribution < 1.29 is 4.42 Å². The molecule has 2 N–H and O–H groups in total. The van der Waals surface area contributed by atoms with Gasteiger partial charge in [0.2, 0.25) is 0 Å². The number of nitrogens with two attached hydrogens (primary N) is 1. The standard InChI is InChI=1S/C9H13NO/c1-7-4-8(5-11-7)9(6-10)2-3-9/h4-5H,2-3,6,10H2,1H3. The first-order valence-corrected chi connectivity index (χ1v) is 4.02. The van der Waals surface area contributed by atoms with Gasteiger partial charge in [0.1, 0.15) is 5.76 Å². The summed E-state index contributed by atoms with van der Waals surface area (Å²) in [7, 11) is 0. The lowest BCUT2D eigenvalue weighted by Crippen LogP contribution is -2.18. The second kappa shape index (κ2) is 2.11. The van der Waals surface area contributed by atoms with Crippen molar-refractivity contribution in [2.24, 2.45) is 5.73 Å². The summed E-state index contributed by atoms with van der Waals surface area (Å²) in [6.45, 7) is 2.72. The van der Waals surface area contributed by atoms with Crippen LogP contribution in [-0.4, -0.2) is 6.54 Å². The van der Waals surface area contributed by atoms with E-state index in [0.29, 0.717) is 0 Å². The maximum absolute atomic E-state index is 5.67. The molecule has 1 aliphatic carbocycles. The molecule has 2 rings (SSSR count). The molecule has 2 heteroatoms. The zero-order valence-electron chi connectivity index (χ0n) is 6.76.